The van der Waals surface area contributed by atoms with Gasteiger partial charge < -0.3 is 15.7 Å². The maximum atomic E-state index is 9.74. The number of hydrogen-bond donors (Lipinski definition) is 3. The highest BCUT2D eigenvalue weighted by Crippen LogP contribution is 2.17. The Balaban J connectivity index is 2.75. The van der Waals surface area contributed by atoms with Crippen LogP contribution in [0.5, 0.6) is 0 Å². The molecule has 0 saturated carbocycles. The molecule has 108 valence electrons. The normalized spacial score (nSPS) is 12.5. The molecular weight excluding hydrogens is 240 g/mol. The van der Waals surface area contributed by atoms with Gasteiger partial charge in [0.2, 0.25) is 0 Å². The molecule has 5 nitrogen and oxygen atoms in total. The average molecular weight is 266 g/mol. The number of aliphatic hydroxyl groups excluding tert-OH is 1. The molecule has 1 heterocycles. The minimum Gasteiger partial charge on any atom is -0.391 e. The second-order valence-electron chi connectivity index (χ2n) is 5.01. The summed E-state index contributed by atoms with van der Waals surface area (Å²) in [5.74, 6) is 2.68. The molecule has 19 heavy (non-hydrogen) atoms. The highest BCUT2D eigenvalue weighted by molar-refractivity contribution is 5.47. The molecule has 0 aliphatic carbocycles. The highest BCUT2D eigenvalue weighted by atomic mass is 16.3. The third kappa shape index (κ3) is 5.42. The van der Waals surface area contributed by atoms with Crippen LogP contribution >= 0.6 is 0 Å². The minimum absolute atomic E-state index is 0.278. The van der Waals surface area contributed by atoms with Crippen molar-refractivity contribution in [2.24, 2.45) is 0 Å². The van der Waals surface area contributed by atoms with E-state index in [4.69, 9.17) is 0 Å². The first-order valence-corrected chi connectivity index (χ1v) is 7.11. The Bertz CT molecular complexity index is 382. The molecule has 0 aromatic carbocycles. The average Bonchev–Trinajstić information content (AvgIpc) is 2.37. The summed E-state index contributed by atoms with van der Waals surface area (Å²) < 4.78 is 0. The number of nitrogens with zero attached hydrogens (tertiary/aromatic N) is 2. The minimum atomic E-state index is -0.329. The molecule has 1 unspecified atom stereocenters. The molecule has 0 bridgehead atoms. The van der Waals surface area contributed by atoms with Gasteiger partial charge in [0.15, 0.2) is 0 Å². The summed E-state index contributed by atoms with van der Waals surface area (Å²) in [5.41, 5.74) is 0. The quantitative estimate of drug-likeness (QED) is 0.674. The van der Waals surface area contributed by atoms with Crippen molar-refractivity contribution in [2.75, 3.05) is 23.7 Å². The standard InChI is InChI=1S/C14H26N4O/c1-5-7-11(19)9-16-13-8-12(15-6-2)17-14(18-13)10(3)4/h8,10-11,19H,5-7,9H2,1-4H3,(H2,15,16,17,18). The Morgan fingerprint density at radius 3 is 2.32 bits per heavy atom. The molecule has 1 aromatic heterocycles. The van der Waals surface area contributed by atoms with Crippen LogP contribution in [0.3, 0.4) is 0 Å². The molecule has 0 aliphatic rings. The Kier molecular flexibility index (Phi) is 6.56. The molecule has 0 radical (unpaired) electrons. The number of rotatable bonds is 8. The summed E-state index contributed by atoms with van der Waals surface area (Å²) in [6, 6.07) is 1.88. The lowest BCUT2D eigenvalue weighted by Gasteiger charge is -2.14. The molecule has 0 fully saturated rings. The number of hydrogen-bond acceptors (Lipinski definition) is 5. The van der Waals surface area contributed by atoms with Crippen LogP contribution in [0.2, 0.25) is 0 Å². The molecule has 1 atom stereocenters. The lowest BCUT2D eigenvalue weighted by Crippen LogP contribution is -2.20. The van der Waals surface area contributed by atoms with Gasteiger partial charge in [0.05, 0.1) is 6.10 Å². The third-order valence-electron chi connectivity index (χ3n) is 2.76. The van der Waals surface area contributed by atoms with Gasteiger partial charge in [-0.3, -0.25) is 0 Å². The SMILES string of the molecule is CCCC(O)CNc1cc(NCC)nc(C(C)C)n1. The van der Waals surface area contributed by atoms with E-state index < -0.39 is 0 Å². The summed E-state index contributed by atoms with van der Waals surface area (Å²) in [7, 11) is 0. The summed E-state index contributed by atoms with van der Waals surface area (Å²) in [6.07, 6.45) is 1.45. The molecule has 5 heteroatoms. The maximum absolute atomic E-state index is 9.74. The van der Waals surface area contributed by atoms with Crippen molar-refractivity contribution in [1.29, 1.82) is 0 Å². The van der Waals surface area contributed by atoms with Crippen LogP contribution in [0, 0.1) is 0 Å². The Morgan fingerprint density at radius 2 is 1.79 bits per heavy atom. The van der Waals surface area contributed by atoms with Crippen LogP contribution in [0.15, 0.2) is 6.07 Å². The molecule has 0 saturated heterocycles. The van der Waals surface area contributed by atoms with Gasteiger partial charge >= 0.3 is 0 Å². The van der Waals surface area contributed by atoms with Crippen LogP contribution in [-0.2, 0) is 0 Å². The Hall–Kier alpha value is -1.36. The monoisotopic (exact) mass is 266 g/mol. The molecule has 0 spiro atoms. The van der Waals surface area contributed by atoms with Gasteiger partial charge in [-0.05, 0) is 13.3 Å². The summed E-state index contributed by atoms with van der Waals surface area (Å²) >= 11 is 0. The fourth-order valence-corrected chi connectivity index (χ4v) is 1.74. The fraction of sp³-hybridized carbons (Fsp3) is 0.714. The van der Waals surface area contributed by atoms with Crippen LogP contribution < -0.4 is 10.6 Å². The van der Waals surface area contributed by atoms with Gasteiger partial charge in [0.1, 0.15) is 17.5 Å². The second-order valence-corrected chi connectivity index (χ2v) is 5.01. The molecule has 3 N–H and O–H groups in total. The lowest BCUT2D eigenvalue weighted by molar-refractivity contribution is 0.176. The third-order valence-corrected chi connectivity index (χ3v) is 2.76. The topological polar surface area (TPSA) is 70.1 Å². The van der Waals surface area contributed by atoms with Gasteiger partial charge in [-0.15, -0.1) is 0 Å². The van der Waals surface area contributed by atoms with Crippen LogP contribution in [0.1, 0.15) is 52.3 Å². The van der Waals surface area contributed by atoms with E-state index in [9.17, 15) is 5.11 Å². The summed E-state index contributed by atoms with van der Waals surface area (Å²) in [6.45, 7) is 9.59. The van der Waals surface area contributed by atoms with E-state index in [-0.39, 0.29) is 12.0 Å². The van der Waals surface area contributed by atoms with Crippen molar-refractivity contribution in [3.8, 4) is 0 Å². The molecular formula is C14H26N4O. The highest BCUT2D eigenvalue weighted by Gasteiger charge is 2.09. The van der Waals surface area contributed by atoms with E-state index in [0.29, 0.717) is 6.54 Å². The first-order valence-electron chi connectivity index (χ1n) is 7.11. The second kappa shape index (κ2) is 7.94. The Labute approximate surface area is 115 Å². The van der Waals surface area contributed by atoms with Crippen molar-refractivity contribution in [3.05, 3.63) is 11.9 Å². The molecule has 0 aliphatic heterocycles. The van der Waals surface area contributed by atoms with Crippen LogP contribution in [0.25, 0.3) is 0 Å². The number of aliphatic hydroxyl groups is 1. The lowest BCUT2D eigenvalue weighted by atomic mass is 10.2. The predicted molar refractivity (Wildman–Crippen MR) is 79.7 cm³/mol. The first kappa shape index (κ1) is 15.7. The smallest absolute Gasteiger partial charge is 0.135 e. The molecule has 1 aromatic rings. The van der Waals surface area contributed by atoms with Gasteiger partial charge in [0, 0.05) is 25.1 Å². The van der Waals surface area contributed by atoms with E-state index in [0.717, 1.165) is 36.8 Å². The van der Waals surface area contributed by atoms with E-state index in [2.05, 4.69) is 41.4 Å². The number of anilines is 2. The number of aromatic nitrogens is 2. The molecule has 0 amide bonds. The first-order chi connectivity index (χ1) is 9.06. The van der Waals surface area contributed by atoms with Crippen molar-refractivity contribution in [1.82, 2.24) is 9.97 Å². The van der Waals surface area contributed by atoms with Gasteiger partial charge in [-0.25, -0.2) is 9.97 Å². The van der Waals surface area contributed by atoms with Crippen LogP contribution in [-0.4, -0.2) is 34.3 Å². The predicted octanol–water partition coefficient (Wildman–Crippen LogP) is 2.60. The van der Waals surface area contributed by atoms with Crippen molar-refractivity contribution >= 4 is 11.6 Å². The zero-order chi connectivity index (χ0) is 14.3. The van der Waals surface area contributed by atoms with Crippen molar-refractivity contribution in [2.45, 2.75) is 52.6 Å². The number of nitrogens with one attached hydrogen (secondary N) is 2. The fourth-order valence-electron chi connectivity index (χ4n) is 1.74. The molecule has 1 rings (SSSR count). The zero-order valence-corrected chi connectivity index (χ0v) is 12.4. The van der Waals surface area contributed by atoms with Gasteiger partial charge in [-0.2, -0.15) is 0 Å². The van der Waals surface area contributed by atoms with Gasteiger partial charge in [-0.1, -0.05) is 27.2 Å². The van der Waals surface area contributed by atoms with E-state index in [1.807, 2.05) is 13.0 Å². The van der Waals surface area contributed by atoms with E-state index in [1.165, 1.54) is 0 Å². The van der Waals surface area contributed by atoms with E-state index >= 15 is 0 Å². The van der Waals surface area contributed by atoms with Gasteiger partial charge in [0.25, 0.3) is 0 Å². The largest absolute Gasteiger partial charge is 0.391 e. The van der Waals surface area contributed by atoms with Crippen LogP contribution in [0.4, 0.5) is 11.6 Å². The van der Waals surface area contributed by atoms with E-state index in [1.54, 1.807) is 0 Å². The summed E-state index contributed by atoms with van der Waals surface area (Å²) in [4.78, 5) is 8.94. The maximum Gasteiger partial charge on any atom is 0.135 e. The summed E-state index contributed by atoms with van der Waals surface area (Å²) in [5, 5.41) is 16.1. The van der Waals surface area contributed by atoms with Crippen molar-refractivity contribution in [3.63, 3.8) is 0 Å². The zero-order valence-electron chi connectivity index (χ0n) is 12.4. The Morgan fingerprint density at radius 1 is 1.16 bits per heavy atom. The van der Waals surface area contributed by atoms with Crippen molar-refractivity contribution < 1.29 is 5.11 Å².